The van der Waals surface area contributed by atoms with Gasteiger partial charge in [-0.1, -0.05) is 6.07 Å². The number of amides is 2. The van der Waals surface area contributed by atoms with Crippen molar-refractivity contribution in [1.82, 2.24) is 14.8 Å². The highest BCUT2D eigenvalue weighted by Gasteiger charge is 2.50. The van der Waals surface area contributed by atoms with Crippen LogP contribution in [0.25, 0.3) is 10.9 Å². The van der Waals surface area contributed by atoms with Gasteiger partial charge in [0.05, 0.1) is 11.8 Å². The first kappa shape index (κ1) is 12.6. The Bertz CT molecular complexity index is 712. The first-order valence-corrected chi connectivity index (χ1v) is 7.23. The summed E-state index contributed by atoms with van der Waals surface area (Å²) in [7, 11) is 1.59. The Morgan fingerprint density at radius 3 is 2.57 bits per heavy atom. The molecule has 2 amide bonds. The Balaban J connectivity index is 1.52. The predicted octanol–water partition coefficient (Wildman–Crippen LogP) is 1.21. The Morgan fingerprint density at radius 2 is 1.86 bits per heavy atom. The molecule has 1 N–H and O–H groups in total. The normalized spacial score (nSPS) is 26.0. The Hall–Kier alpha value is -2.14. The molecule has 0 bridgehead atoms. The van der Waals surface area contributed by atoms with E-state index < -0.39 is 0 Å². The van der Waals surface area contributed by atoms with Gasteiger partial charge >= 0.3 is 0 Å². The maximum atomic E-state index is 12.0. The van der Waals surface area contributed by atoms with E-state index in [9.17, 15) is 9.59 Å². The number of imide groups is 1. The molecular formula is C16H17N3O2. The molecule has 0 unspecified atom stereocenters. The third-order valence-electron chi connectivity index (χ3n) is 4.71. The van der Waals surface area contributed by atoms with Gasteiger partial charge in [0.2, 0.25) is 11.8 Å². The molecule has 0 radical (unpaired) electrons. The van der Waals surface area contributed by atoms with Crippen molar-refractivity contribution in [3.63, 3.8) is 0 Å². The Morgan fingerprint density at radius 1 is 1.14 bits per heavy atom. The topological polar surface area (TPSA) is 56.4 Å². The summed E-state index contributed by atoms with van der Waals surface area (Å²) in [6.45, 7) is 2.16. The van der Waals surface area contributed by atoms with E-state index in [2.05, 4.69) is 34.1 Å². The summed E-state index contributed by atoms with van der Waals surface area (Å²) < 4.78 is 0. The summed E-state index contributed by atoms with van der Waals surface area (Å²) in [6, 6.07) is 8.39. The number of H-pyrrole nitrogens is 1. The van der Waals surface area contributed by atoms with Gasteiger partial charge in [-0.15, -0.1) is 0 Å². The lowest BCUT2D eigenvalue weighted by molar-refractivity contribution is -0.138. The molecule has 2 aliphatic heterocycles. The number of likely N-dealkylation sites (tertiary alicyclic amines) is 2. The molecule has 4 rings (SSSR count). The fourth-order valence-electron chi connectivity index (χ4n) is 3.58. The van der Waals surface area contributed by atoms with Gasteiger partial charge in [0.15, 0.2) is 0 Å². The van der Waals surface area contributed by atoms with Crippen LogP contribution < -0.4 is 0 Å². The van der Waals surface area contributed by atoms with E-state index >= 15 is 0 Å². The highest BCUT2D eigenvalue weighted by atomic mass is 16.2. The van der Waals surface area contributed by atoms with E-state index in [1.165, 1.54) is 15.8 Å². The number of nitrogens with one attached hydrogen (secondary N) is 1. The van der Waals surface area contributed by atoms with Crippen molar-refractivity contribution in [2.75, 3.05) is 20.1 Å². The summed E-state index contributed by atoms with van der Waals surface area (Å²) >= 11 is 0. The minimum atomic E-state index is -0.140. The monoisotopic (exact) mass is 283 g/mol. The average Bonchev–Trinajstić information content (AvgIpc) is 3.14. The number of carbonyl (C=O) groups is 2. The average molecular weight is 283 g/mol. The van der Waals surface area contributed by atoms with Crippen LogP contribution in [0, 0.1) is 11.8 Å². The zero-order valence-electron chi connectivity index (χ0n) is 11.9. The molecule has 2 saturated heterocycles. The molecule has 5 nitrogen and oxygen atoms in total. The third-order valence-corrected chi connectivity index (χ3v) is 4.71. The van der Waals surface area contributed by atoms with Gasteiger partial charge in [-0.3, -0.25) is 19.4 Å². The van der Waals surface area contributed by atoms with Crippen LogP contribution in [0.1, 0.15) is 5.56 Å². The molecule has 21 heavy (non-hydrogen) atoms. The molecule has 1 aromatic carbocycles. The van der Waals surface area contributed by atoms with E-state index in [0.29, 0.717) is 13.1 Å². The fraction of sp³-hybridized carbons (Fsp3) is 0.375. The molecule has 2 fully saturated rings. The Kier molecular flexibility index (Phi) is 2.65. The van der Waals surface area contributed by atoms with Crippen LogP contribution in [0.2, 0.25) is 0 Å². The number of fused-ring (bicyclic) bond motifs is 2. The van der Waals surface area contributed by atoms with Crippen molar-refractivity contribution in [1.29, 1.82) is 0 Å². The van der Waals surface area contributed by atoms with Gasteiger partial charge in [0.1, 0.15) is 0 Å². The molecule has 5 heteroatoms. The number of nitrogens with zero attached hydrogens (tertiary/aromatic N) is 2. The number of rotatable bonds is 2. The van der Waals surface area contributed by atoms with E-state index in [4.69, 9.17) is 0 Å². The number of aromatic amines is 1. The molecule has 0 aliphatic carbocycles. The van der Waals surface area contributed by atoms with Gasteiger partial charge in [-0.25, -0.2) is 0 Å². The first-order valence-electron chi connectivity index (χ1n) is 7.23. The minimum absolute atomic E-state index is 0.0198. The smallest absolute Gasteiger partial charge is 0.234 e. The molecule has 0 saturated carbocycles. The second-order valence-corrected chi connectivity index (χ2v) is 6.04. The SMILES string of the molecule is CN1C(=O)[C@H]2CN(Cc3ccc4[nH]ccc4c3)C[C@H]2C1=O. The van der Waals surface area contributed by atoms with Crippen molar-refractivity contribution < 1.29 is 9.59 Å². The van der Waals surface area contributed by atoms with Crippen molar-refractivity contribution in [2.24, 2.45) is 11.8 Å². The van der Waals surface area contributed by atoms with E-state index in [1.807, 2.05) is 6.20 Å². The summed E-state index contributed by atoms with van der Waals surface area (Å²) in [5, 5.41) is 1.19. The molecule has 108 valence electrons. The highest BCUT2D eigenvalue weighted by Crippen LogP contribution is 2.33. The molecule has 2 aliphatic rings. The first-order chi connectivity index (χ1) is 10.1. The molecule has 0 spiro atoms. The number of carbonyl (C=O) groups excluding carboxylic acids is 2. The lowest BCUT2D eigenvalue weighted by atomic mass is 10.00. The minimum Gasteiger partial charge on any atom is -0.361 e. The summed E-state index contributed by atoms with van der Waals surface area (Å²) in [6.07, 6.45) is 1.93. The zero-order chi connectivity index (χ0) is 14.6. The van der Waals surface area contributed by atoms with Crippen LogP contribution in [0.3, 0.4) is 0 Å². The highest BCUT2D eigenvalue weighted by molar-refractivity contribution is 6.05. The lowest BCUT2D eigenvalue weighted by Gasteiger charge is -2.18. The van der Waals surface area contributed by atoms with Gasteiger partial charge in [-0.2, -0.15) is 0 Å². The van der Waals surface area contributed by atoms with Crippen LogP contribution in [0.5, 0.6) is 0 Å². The van der Waals surface area contributed by atoms with E-state index in [1.54, 1.807) is 7.05 Å². The maximum absolute atomic E-state index is 12.0. The Labute approximate surface area is 122 Å². The van der Waals surface area contributed by atoms with E-state index in [-0.39, 0.29) is 23.7 Å². The van der Waals surface area contributed by atoms with Crippen molar-refractivity contribution in [2.45, 2.75) is 6.54 Å². The van der Waals surface area contributed by atoms with E-state index in [0.717, 1.165) is 12.1 Å². The molecule has 2 atom stereocenters. The molecule has 1 aromatic heterocycles. The number of aromatic nitrogens is 1. The van der Waals surface area contributed by atoms with Gasteiger partial charge in [0.25, 0.3) is 0 Å². The lowest BCUT2D eigenvalue weighted by Crippen LogP contribution is -2.32. The summed E-state index contributed by atoms with van der Waals surface area (Å²) in [5.74, 6) is -0.320. The van der Waals surface area contributed by atoms with Gasteiger partial charge < -0.3 is 4.98 Å². The van der Waals surface area contributed by atoms with Crippen LogP contribution in [0.4, 0.5) is 0 Å². The van der Waals surface area contributed by atoms with Gasteiger partial charge in [-0.05, 0) is 29.1 Å². The standard InChI is InChI=1S/C16H17N3O2/c1-18-15(20)12-8-19(9-13(12)16(18)21)7-10-2-3-14-11(6-10)4-5-17-14/h2-6,12-13,17H,7-9H2,1H3/t12-,13+. The van der Waals surface area contributed by atoms with Crippen LogP contribution in [0.15, 0.2) is 30.5 Å². The number of hydrogen-bond acceptors (Lipinski definition) is 3. The maximum Gasteiger partial charge on any atom is 0.234 e. The number of hydrogen-bond donors (Lipinski definition) is 1. The zero-order valence-corrected chi connectivity index (χ0v) is 11.9. The second kappa shape index (κ2) is 4.43. The number of benzene rings is 1. The van der Waals surface area contributed by atoms with Crippen molar-refractivity contribution in [3.8, 4) is 0 Å². The van der Waals surface area contributed by atoms with Crippen molar-refractivity contribution >= 4 is 22.7 Å². The quantitative estimate of drug-likeness (QED) is 0.843. The fourth-order valence-corrected chi connectivity index (χ4v) is 3.58. The second-order valence-electron chi connectivity index (χ2n) is 6.04. The molecule has 2 aromatic rings. The molecular weight excluding hydrogens is 266 g/mol. The third kappa shape index (κ3) is 1.88. The summed E-state index contributed by atoms with van der Waals surface area (Å²) in [5.41, 5.74) is 2.35. The molecule has 3 heterocycles. The van der Waals surface area contributed by atoms with Gasteiger partial charge in [0, 0.05) is 38.4 Å². The summed E-state index contributed by atoms with van der Waals surface area (Å²) in [4.78, 5) is 30.7. The van der Waals surface area contributed by atoms with Crippen LogP contribution in [-0.4, -0.2) is 46.7 Å². The predicted molar refractivity (Wildman–Crippen MR) is 78.3 cm³/mol. The van der Waals surface area contributed by atoms with Crippen LogP contribution >= 0.6 is 0 Å². The largest absolute Gasteiger partial charge is 0.361 e. The van der Waals surface area contributed by atoms with Crippen LogP contribution in [-0.2, 0) is 16.1 Å². The van der Waals surface area contributed by atoms with Crippen molar-refractivity contribution in [3.05, 3.63) is 36.0 Å².